The average Bonchev–Trinajstić information content (AvgIpc) is 3.41. The van der Waals surface area contributed by atoms with Crippen LogP contribution in [0.1, 0.15) is 173 Å². The van der Waals surface area contributed by atoms with Crippen molar-refractivity contribution in [1.29, 1.82) is 0 Å². The number of carbonyl (C=O) groups is 3. The number of ketones is 1. The van der Waals surface area contributed by atoms with Gasteiger partial charge in [0, 0.05) is 12.5 Å². The number of hydrogen-bond donors (Lipinski definition) is 1. The molecule has 0 unspecified atom stereocenters. The van der Waals surface area contributed by atoms with Crippen molar-refractivity contribution in [3.63, 3.8) is 0 Å². The second-order valence-corrected chi connectivity index (χ2v) is 10.7. The maximum atomic E-state index is 13.0. The molecule has 1 aromatic heterocycles. The first kappa shape index (κ1) is 27.6. The summed E-state index contributed by atoms with van der Waals surface area (Å²) >= 11 is 0. The van der Waals surface area contributed by atoms with E-state index < -0.39 is 0 Å². The molecule has 1 N–H and O–H groups in total. The van der Waals surface area contributed by atoms with E-state index in [4.69, 9.17) is 0 Å². The molecule has 1 aliphatic heterocycles. The minimum absolute atomic E-state index is 0.0388. The second kappa shape index (κ2) is 15.2. The zero-order valence-corrected chi connectivity index (χ0v) is 22.0. The summed E-state index contributed by atoms with van der Waals surface area (Å²) < 4.78 is 0. The highest BCUT2D eigenvalue weighted by Crippen LogP contribution is 2.32. The molecule has 6 heteroatoms. The van der Waals surface area contributed by atoms with E-state index in [1.807, 2.05) is 0 Å². The third kappa shape index (κ3) is 8.01. The molecule has 0 radical (unpaired) electrons. The monoisotopic (exact) mass is 485 g/mol. The van der Waals surface area contributed by atoms with Gasteiger partial charge in [0.1, 0.15) is 17.0 Å². The van der Waals surface area contributed by atoms with E-state index in [2.05, 4.69) is 17.1 Å². The summed E-state index contributed by atoms with van der Waals surface area (Å²) in [4.78, 5) is 39.9. The van der Waals surface area contributed by atoms with Gasteiger partial charge in [-0.05, 0) is 19.3 Å². The van der Waals surface area contributed by atoms with E-state index in [-0.39, 0.29) is 40.6 Å². The fraction of sp³-hybridized carbons (Fsp3) is 0.793. The zero-order chi connectivity index (χ0) is 24.9. The third-order valence-corrected chi connectivity index (χ3v) is 7.84. The Kier molecular flexibility index (Phi) is 12.0. The number of rotatable bonds is 18. The molecule has 2 heterocycles. The number of aromatic amines is 1. The molecule has 1 fully saturated rings. The van der Waals surface area contributed by atoms with Crippen molar-refractivity contribution in [2.75, 3.05) is 0 Å². The van der Waals surface area contributed by atoms with Gasteiger partial charge in [-0.25, -0.2) is 0 Å². The average molecular weight is 486 g/mol. The molecule has 2 aliphatic rings. The van der Waals surface area contributed by atoms with Crippen LogP contribution in [0.25, 0.3) is 0 Å². The van der Waals surface area contributed by atoms with Crippen LogP contribution in [0.4, 0.5) is 0 Å². The summed E-state index contributed by atoms with van der Waals surface area (Å²) in [6.45, 7) is 2.27. The van der Waals surface area contributed by atoms with Crippen LogP contribution in [-0.2, 0) is 0 Å². The summed E-state index contributed by atoms with van der Waals surface area (Å²) in [5.74, 6) is -0.759. The number of aromatic nitrogens is 2. The Labute approximate surface area is 212 Å². The van der Waals surface area contributed by atoms with E-state index in [0.29, 0.717) is 6.42 Å². The smallest absolute Gasteiger partial charge is 0.279 e. The predicted molar refractivity (Wildman–Crippen MR) is 140 cm³/mol. The summed E-state index contributed by atoms with van der Waals surface area (Å²) in [7, 11) is 0. The van der Waals surface area contributed by atoms with Crippen molar-refractivity contribution >= 4 is 17.6 Å². The number of fused-ring (bicyclic) bond motifs is 1. The van der Waals surface area contributed by atoms with Gasteiger partial charge in [0.25, 0.3) is 11.8 Å². The molecule has 0 spiro atoms. The zero-order valence-electron chi connectivity index (χ0n) is 22.0. The van der Waals surface area contributed by atoms with Crippen molar-refractivity contribution < 1.29 is 14.4 Å². The largest absolute Gasteiger partial charge is 0.292 e. The highest BCUT2D eigenvalue weighted by atomic mass is 16.2. The fourth-order valence-electron chi connectivity index (χ4n) is 5.69. The van der Waals surface area contributed by atoms with E-state index in [9.17, 15) is 14.4 Å². The molecule has 1 saturated carbocycles. The first-order chi connectivity index (χ1) is 17.1. The number of amides is 2. The first-order valence-corrected chi connectivity index (χ1v) is 14.6. The van der Waals surface area contributed by atoms with Crippen LogP contribution in [0.5, 0.6) is 0 Å². The molecular formula is C29H47N3O3. The number of nitrogens with one attached hydrogen (secondary N) is 1. The summed E-state index contributed by atoms with van der Waals surface area (Å²) in [6.07, 6.45) is 24.6. The molecule has 0 bridgehead atoms. The van der Waals surface area contributed by atoms with Gasteiger partial charge in [-0.1, -0.05) is 116 Å². The maximum Gasteiger partial charge on any atom is 0.279 e. The highest BCUT2D eigenvalue weighted by molar-refractivity contribution is 6.24. The van der Waals surface area contributed by atoms with Gasteiger partial charge in [-0.2, -0.15) is 5.10 Å². The van der Waals surface area contributed by atoms with Gasteiger partial charge < -0.3 is 0 Å². The molecule has 0 atom stereocenters. The Morgan fingerprint density at radius 1 is 0.771 bits per heavy atom. The van der Waals surface area contributed by atoms with E-state index >= 15 is 0 Å². The van der Waals surface area contributed by atoms with Crippen LogP contribution in [0.15, 0.2) is 0 Å². The summed E-state index contributed by atoms with van der Waals surface area (Å²) in [5, 5.41) is 6.75. The predicted octanol–water partition coefficient (Wildman–Crippen LogP) is 7.78. The molecular weight excluding hydrogens is 438 g/mol. The third-order valence-electron chi connectivity index (χ3n) is 7.84. The van der Waals surface area contributed by atoms with Crippen LogP contribution >= 0.6 is 0 Å². The molecule has 1 aromatic rings. The van der Waals surface area contributed by atoms with Crippen LogP contribution in [0.2, 0.25) is 0 Å². The van der Waals surface area contributed by atoms with Crippen molar-refractivity contribution in [3.8, 4) is 0 Å². The Hall–Kier alpha value is -1.98. The molecule has 196 valence electrons. The Bertz CT molecular complexity index is 810. The number of hydrogen-bond acceptors (Lipinski definition) is 4. The lowest BCUT2D eigenvalue weighted by molar-refractivity contribution is 0.0543. The van der Waals surface area contributed by atoms with E-state index in [1.165, 1.54) is 81.9 Å². The Morgan fingerprint density at radius 2 is 1.29 bits per heavy atom. The summed E-state index contributed by atoms with van der Waals surface area (Å²) in [6, 6.07) is -0.0388. The number of Topliss-reactive ketones (excluding diaryl/α,β-unsaturated/α-hetero) is 1. The lowest BCUT2D eigenvalue weighted by Crippen LogP contribution is -2.41. The minimum Gasteiger partial charge on any atom is -0.292 e. The SMILES string of the molecule is CCCCCCCCCCCCCCCCCC(=O)c1n[nH]c2c1C(=O)N(C1CCCCC1)C2=O. The lowest BCUT2D eigenvalue weighted by Gasteiger charge is -2.29. The van der Waals surface area contributed by atoms with Gasteiger partial charge in [-0.3, -0.25) is 24.4 Å². The van der Waals surface area contributed by atoms with Gasteiger partial charge in [0.15, 0.2) is 5.78 Å². The molecule has 2 amide bonds. The normalized spacial score (nSPS) is 16.3. The van der Waals surface area contributed by atoms with Crippen LogP contribution in [0, 0.1) is 0 Å². The van der Waals surface area contributed by atoms with Crippen LogP contribution in [0.3, 0.4) is 0 Å². The fourth-order valence-corrected chi connectivity index (χ4v) is 5.69. The summed E-state index contributed by atoms with van der Waals surface area (Å²) in [5.41, 5.74) is 0.592. The quantitative estimate of drug-likeness (QED) is 0.131. The van der Waals surface area contributed by atoms with Crippen LogP contribution < -0.4 is 0 Å². The van der Waals surface area contributed by atoms with Crippen molar-refractivity contribution in [1.82, 2.24) is 15.1 Å². The molecule has 1 aliphatic carbocycles. The van der Waals surface area contributed by atoms with Crippen molar-refractivity contribution in [2.45, 2.75) is 148 Å². The van der Waals surface area contributed by atoms with E-state index in [0.717, 1.165) is 51.4 Å². The molecule has 0 saturated heterocycles. The standard InChI is InChI=1S/C29H47N3O3/c1-2-3-4-5-6-7-8-9-10-11-12-13-14-15-19-22-24(33)26-25-27(31-30-26)29(35)32(28(25)34)23-20-17-16-18-21-23/h23H,2-22H2,1H3,(H,30,31). The second-order valence-electron chi connectivity index (χ2n) is 10.7. The van der Waals surface area contributed by atoms with Gasteiger partial charge in [0.2, 0.25) is 0 Å². The van der Waals surface area contributed by atoms with Crippen LogP contribution in [-0.4, -0.2) is 38.7 Å². The number of H-pyrrole nitrogens is 1. The maximum absolute atomic E-state index is 13.0. The van der Waals surface area contributed by atoms with Crippen molar-refractivity contribution in [3.05, 3.63) is 17.0 Å². The number of unbranched alkanes of at least 4 members (excludes halogenated alkanes) is 14. The van der Waals surface area contributed by atoms with Crippen molar-refractivity contribution in [2.24, 2.45) is 0 Å². The molecule has 6 nitrogen and oxygen atoms in total. The topological polar surface area (TPSA) is 83.1 Å². The number of imide groups is 1. The number of carbonyl (C=O) groups excluding carboxylic acids is 3. The van der Waals surface area contributed by atoms with Gasteiger partial charge in [0.05, 0.1) is 0 Å². The van der Waals surface area contributed by atoms with E-state index in [1.54, 1.807) is 0 Å². The Balaban J connectivity index is 1.25. The molecule has 3 rings (SSSR count). The Morgan fingerprint density at radius 3 is 1.83 bits per heavy atom. The molecule has 0 aromatic carbocycles. The highest BCUT2D eigenvalue weighted by Gasteiger charge is 2.44. The first-order valence-electron chi connectivity index (χ1n) is 14.6. The molecule has 35 heavy (non-hydrogen) atoms. The minimum atomic E-state index is -0.328. The lowest BCUT2D eigenvalue weighted by atomic mass is 9.94. The van der Waals surface area contributed by atoms with Gasteiger partial charge in [-0.15, -0.1) is 0 Å². The number of nitrogens with zero attached hydrogens (tertiary/aromatic N) is 2. The van der Waals surface area contributed by atoms with Gasteiger partial charge >= 0.3 is 0 Å².